The van der Waals surface area contributed by atoms with E-state index in [1.165, 1.54) is 11.8 Å². The van der Waals surface area contributed by atoms with E-state index in [1.807, 2.05) is 32.3 Å². The molecule has 0 saturated carbocycles. The summed E-state index contributed by atoms with van der Waals surface area (Å²) in [4.78, 5) is 16.1. The summed E-state index contributed by atoms with van der Waals surface area (Å²) in [5.74, 6) is 1.16. The fourth-order valence-corrected chi connectivity index (χ4v) is 3.81. The Bertz CT molecular complexity index is 799. The monoisotopic (exact) mass is 400 g/mol. The molecular weight excluding hydrogens is 372 g/mol. The minimum atomic E-state index is -0.0179. The maximum atomic E-state index is 12.3. The zero-order valence-corrected chi connectivity index (χ0v) is 17.8. The summed E-state index contributed by atoms with van der Waals surface area (Å²) in [6.07, 6.45) is 1.25. The molecule has 2 rings (SSSR count). The molecule has 0 aliphatic rings. The van der Waals surface area contributed by atoms with Crippen LogP contribution in [0.4, 0.5) is 0 Å². The summed E-state index contributed by atoms with van der Waals surface area (Å²) in [7, 11) is 5.80. The quantitative estimate of drug-likeness (QED) is 0.571. The van der Waals surface area contributed by atoms with Crippen molar-refractivity contribution in [2.24, 2.45) is 0 Å². The van der Waals surface area contributed by atoms with Crippen LogP contribution in [0.25, 0.3) is 0 Å². The number of nitriles is 1. The second kappa shape index (κ2) is 10.8. The van der Waals surface area contributed by atoms with Gasteiger partial charge in [-0.2, -0.15) is 5.26 Å². The van der Waals surface area contributed by atoms with Crippen LogP contribution in [0.5, 0.6) is 0 Å². The highest BCUT2D eigenvalue weighted by Crippen LogP contribution is 2.26. The standard InChI is InChI=1S/C20H28N6OS/c1-5-17(24(2)3)19-22-23-20(26(19)14-16-10-7-6-8-11-16)28-15-18(27)25(4)13-9-12-21/h6-8,10-11,17H,5,9,13-15H2,1-4H3/t17-/m1/s1. The Morgan fingerprint density at radius 2 is 1.96 bits per heavy atom. The Hall–Kier alpha value is -2.37. The van der Waals surface area contributed by atoms with E-state index in [1.54, 1.807) is 11.9 Å². The molecule has 7 nitrogen and oxygen atoms in total. The van der Waals surface area contributed by atoms with Crippen molar-refractivity contribution in [3.63, 3.8) is 0 Å². The Morgan fingerprint density at radius 1 is 1.25 bits per heavy atom. The van der Waals surface area contributed by atoms with Gasteiger partial charge in [-0.1, -0.05) is 49.0 Å². The van der Waals surface area contributed by atoms with Crippen LogP contribution in [0.3, 0.4) is 0 Å². The average molecular weight is 401 g/mol. The van der Waals surface area contributed by atoms with Crippen LogP contribution in [-0.2, 0) is 11.3 Å². The van der Waals surface area contributed by atoms with Gasteiger partial charge < -0.3 is 9.47 Å². The number of carbonyl (C=O) groups excluding carboxylic acids is 1. The SMILES string of the molecule is CC[C@H](c1nnc(SCC(=O)N(C)CCC#N)n1Cc1ccccc1)N(C)C. The minimum Gasteiger partial charge on any atom is -0.344 e. The molecule has 1 amide bonds. The second-order valence-corrected chi connectivity index (χ2v) is 7.75. The number of nitrogens with zero attached hydrogens (tertiary/aromatic N) is 6. The van der Waals surface area contributed by atoms with E-state index in [0.717, 1.165) is 23.0 Å². The summed E-state index contributed by atoms with van der Waals surface area (Å²) in [5, 5.41) is 18.3. The van der Waals surface area contributed by atoms with E-state index in [-0.39, 0.29) is 17.7 Å². The number of carbonyl (C=O) groups is 1. The largest absolute Gasteiger partial charge is 0.344 e. The molecule has 1 atom stereocenters. The second-order valence-electron chi connectivity index (χ2n) is 6.81. The van der Waals surface area contributed by atoms with Gasteiger partial charge in [-0.15, -0.1) is 10.2 Å². The van der Waals surface area contributed by atoms with Gasteiger partial charge in [0.25, 0.3) is 0 Å². The molecule has 1 aromatic carbocycles. The first kappa shape index (κ1) is 21.9. The number of benzene rings is 1. The molecule has 1 aromatic heterocycles. The summed E-state index contributed by atoms with van der Waals surface area (Å²) in [6.45, 7) is 3.23. The van der Waals surface area contributed by atoms with Gasteiger partial charge in [0.05, 0.1) is 30.8 Å². The number of hydrogen-bond donors (Lipinski definition) is 0. The third-order valence-corrected chi connectivity index (χ3v) is 5.50. The van der Waals surface area contributed by atoms with Crippen LogP contribution < -0.4 is 0 Å². The predicted molar refractivity (Wildman–Crippen MR) is 111 cm³/mol. The van der Waals surface area contributed by atoms with Gasteiger partial charge in [-0.3, -0.25) is 9.69 Å². The highest BCUT2D eigenvalue weighted by Gasteiger charge is 2.23. The first-order valence-corrected chi connectivity index (χ1v) is 10.3. The summed E-state index contributed by atoms with van der Waals surface area (Å²) in [6, 6.07) is 12.4. The molecule has 0 spiro atoms. The van der Waals surface area contributed by atoms with Gasteiger partial charge in [0, 0.05) is 13.6 Å². The van der Waals surface area contributed by atoms with Crippen LogP contribution in [0.15, 0.2) is 35.5 Å². The highest BCUT2D eigenvalue weighted by molar-refractivity contribution is 7.99. The topological polar surface area (TPSA) is 78.0 Å². The van der Waals surface area contributed by atoms with E-state index >= 15 is 0 Å². The molecule has 0 aliphatic heterocycles. The summed E-state index contributed by atoms with van der Waals surface area (Å²) >= 11 is 1.39. The molecule has 0 N–H and O–H groups in total. The maximum absolute atomic E-state index is 12.3. The highest BCUT2D eigenvalue weighted by atomic mass is 32.2. The molecule has 0 fully saturated rings. The van der Waals surface area contributed by atoms with E-state index in [0.29, 0.717) is 19.5 Å². The van der Waals surface area contributed by atoms with Gasteiger partial charge in [0.1, 0.15) is 0 Å². The Morgan fingerprint density at radius 3 is 2.57 bits per heavy atom. The van der Waals surface area contributed by atoms with Crippen molar-refractivity contribution in [2.75, 3.05) is 33.4 Å². The van der Waals surface area contributed by atoms with Crippen LogP contribution in [0, 0.1) is 11.3 Å². The minimum absolute atomic E-state index is 0.0179. The fourth-order valence-electron chi connectivity index (χ4n) is 2.93. The van der Waals surface area contributed by atoms with Crippen LogP contribution in [0.2, 0.25) is 0 Å². The van der Waals surface area contributed by atoms with E-state index in [4.69, 9.17) is 5.26 Å². The van der Waals surface area contributed by atoms with Crippen LogP contribution in [-0.4, -0.2) is 63.9 Å². The molecule has 0 bridgehead atoms. The molecule has 28 heavy (non-hydrogen) atoms. The van der Waals surface area contributed by atoms with E-state index in [9.17, 15) is 4.79 Å². The molecular formula is C20H28N6OS. The van der Waals surface area contributed by atoms with Crippen molar-refractivity contribution in [3.05, 3.63) is 41.7 Å². The van der Waals surface area contributed by atoms with Gasteiger partial charge >= 0.3 is 0 Å². The normalized spacial score (nSPS) is 12.0. The van der Waals surface area contributed by atoms with Gasteiger partial charge in [0.15, 0.2) is 11.0 Å². The lowest BCUT2D eigenvalue weighted by Gasteiger charge is -2.23. The van der Waals surface area contributed by atoms with Gasteiger partial charge in [-0.25, -0.2) is 0 Å². The van der Waals surface area contributed by atoms with Gasteiger partial charge in [0.2, 0.25) is 5.91 Å². The molecule has 150 valence electrons. The number of rotatable bonds is 10. The van der Waals surface area contributed by atoms with Crippen molar-refractivity contribution >= 4 is 17.7 Å². The van der Waals surface area contributed by atoms with Crippen molar-refractivity contribution in [3.8, 4) is 6.07 Å². The van der Waals surface area contributed by atoms with Crippen molar-refractivity contribution in [2.45, 2.75) is 37.5 Å². The van der Waals surface area contributed by atoms with Crippen molar-refractivity contribution in [1.82, 2.24) is 24.6 Å². The average Bonchev–Trinajstić information content (AvgIpc) is 3.07. The lowest BCUT2D eigenvalue weighted by Crippen LogP contribution is -2.29. The Kier molecular flexibility index (Phi) is 8.48. The Labute approximate surface area is 171 Å². The summed E-state index contributed by atoms with van der Waals surface area (Å²) in [5.41, 5.74) is 1.16. The molecule has 0 saturated heterocycles. The zero-order chi connectivity index (χ0) is 20.5. The third-order valence-electron chi connectivity index (χ3n) is 4.55. The smallest absolute Gasteiger partial charge is 0.232 e. The molecule has 0 radical (unpaired) electrons. The molecule has 8 heteroatoms. The summed E-state index contributed by atoms with van der Waals surface area (Å²) < 4.78 is 2.11. The van der Waals surface area contributed by atoms with Crippen LogP contribution in [0.1, 0.15) is 37.2 Å². The maximum Gasteiger partial charge on any atom is 0.232 e. The van der Waals surface area contributed by atoms with E-state index in [2.05, 4.69) is 44.8 Å². The molecule has 0 aliphatic carbocycles. The van der Waals surface area contributed by atoms with Crippen LogP contribution >= 0.6 is 11.8 Å². The molecule has 2 aromatic rings. The first-order valence-electron chi connectivity index (χ1n) is 9.35. The molecule has 0 unspecified atom stereocenters. The number of amides is 1. The van der Waals surface area contributed by atoms with Crippen molar-refractivity contribution < 1.29 is 4.79 Å². The lowest BCUT2D eigenvalue weighted by atomic mass is 10.2. The number of aromatic nitrogens is 3. The third kappa shape index (κ3) is 5.81. The Balaban J connectivity index is 2.22. The molecule has 1 heterocycles. The predicted octanol–water partition coefficient (Wildman–Crippen LogP) is 2.80. The lowest BCUT2D eigenvalue weighted by molar-refractivity contribution is -0.127. The fraction of sp³-hybridized carbons (Fsp3) is 0.500. The van der Waals surface area contributed by atoms with Gasteiger partial charge in [-0.05, 0) is 26.1 Å². The first-order chi connectivity index (χ1) is 13.5. The van der Waals surface area contributed by atoms with E-state index < -0.39 is 0 Å². The van der Waals surface area contributed by atoms with Crippen molar-refractivity contribution in [1.29, 1.82) is 5.26 Å². The number of thioether (sulfide) groups is 1. The number of hydrogen-bond acceptors (Lipinski definition) is 6. The zero-order valence-electron chi connectivity index (χ0n) is 17.0.